The van der Waals surface area contributed by atoms with Gasteiger partial charge in [-0.25, -0.2) is 9.59 Å². The molecule has 0 aliphatic heterocycles. The highest BCUT2D eigenvalue weighted by atomic mass is 79.9. The second-order valence-electron chi connectivity index (χ2n) is 4.60. The number of ether oxygens (including phenoxy) is 1. The molecule has 2 aromatic rings. The highest BCUT2D eigenvalue weighted by Gasteiger charge is 2.24. The highest BCUT2D eigenvalue weighted by molar-refractivity contribution is 9.10. The Morgan fingerprint density at radius 2 is 2.05 bits per heavy atom. The van der Waals surface area contributed by atoms with Crippen LogP contribution in [0.2, 0.25) is 0 Å². The number of aryl methyl sites for hydroxylation is 1. The molecule has 22 heavy (non-hydrogen) atoms. The smallest absolute Gasteiger partial charge is 0.375 e. The van der Waals surface area contributed by atoms with Crippen molar-refractivity contribution in [3.8, 4) is 0 Å². The first-order valence-corrected chi connectivity index (χ1v) is 7.09. The maximum Gasteiger partial charge on any atom is 0.375 e. The number of carbonyl (C=O) groups excluding carboxylic acids is 3. The molecule has 0 saturated heterocycles. The Morgan fingerprint density at radius 1 is 1.36 bits per heavy atom. The lowest BCUT2D eigenvalue weighted by molar-refractivity contribution is -0.127. The molecule has 0 saturated carbocycles. The van der Waals surface area contributed by atoms with Crippen molar-refractivity contribution in [2.24, 2.45) is 5.73 Å². The van der Waals surface area contributed by atoms with Gasteiger partial charge in [-0.2, -0.15) is 0 Å². The van der Waals surface area contributed by atoms with Gasteiger partial charge >= 0.3 is 12.0 Å². The Kier molecular flexibility index (Phi) is 4.51. The van der Waals surface area contributed by atoms with E-state index in [-0.39, 0.29) is 5.76 Å². The molecular formula is C14H13BrN2O5. The van der Waals surface area contributed by atoms with Gasteiger partial charge in [0.05, 0.1) is 0 Å². The maximum absolute atomic E-state index is 12.1. The van der Waals surface area contributed by atoms with Crippen LogP contribution in [0.4, 0.5) is 4.79 Å². The molecule has 1 aromatic carbocycles. The number of nitrogens with two attached hydrogens (primary N) is 1. The van der Waals surface area contributed by atoms with Crippen molar-refractivity contribution in [3.05, 3.63) is 34.0 Å². The first-order valence-electron chi connectivity index (χ1n) is 6.29. The molecule has 0 aliphatic carbocycles. The van der Waals surface area contributed by atoms with Gasteiger partial charge in [0.1, 0.15) is 5.58 Å². The average Bonchev–Trinajstić information content (AvgIpc) is 2.75. The van der Waals surface area contributed by atoms with Gasteiger partial charge in [0.15, 0.2) is 6.10 Å². The van der Waals surface area contributed by atoms with Gasteiger partial charge in [-0.15, -0.1) is 0 Å². The summed E-state index contributed by atoms with van der Waals surface area (Å²) in [5.74, 6) is -1.60. The molecule has 3 N–H and O–H groups in total. The summed E-state index contributed by atoms with van der Waals surface area (Å²) >= 11 is 3.34. The zero-order chi connectivity index (χ0) is 16.4. The van der Waals surface area contributed by atoms with E-state index in [0.717, 1.165) is 9.86 Å². The monoisotopic (exact) mass is 368 g/mol. The lowest BCUT2D eigenvalue weighted by Gasteiger charge is -2.10. The molecule has 1 aromatic heterocycles. The zero-order valence-corrected chi connectivity index (χ0v) is 13.4. The van der Waals surface area contributed by atoms with E-state index in [0.29, 0.717) is 11.1 Å². The first kappa shape index (κ1) is 16.0. The Bertz CT molecular complexity index is 768. The summed E-state index contributed by atoms with van der Waals surface area (Å²) in [7, 11) is 0. The summed E-state index contributed by atoms with van der Waals surface area (Å²) in [5, 5.41) is 2.59. The second kappa shape index (κ2) is 6.18. The van der Waals surface area contributed by atoms with Gasteiger partial charge in [-0.05, 0) is 32.0 Å². The number of furan rings is 1. The first-order chi connectivity index (χ1) is 10.3. The molecule has 8 heteroatoms. The largest absolute Gasteiger partial charge is 0.449 e. The second-order valence-corrected chi connectivity index (χ2v) is 5.51. The summed E-state index contributed by atoms with van der Waals surface area (Å²) in [6.45, 7) is 3.04. The number of rotatable bonds is 3. The van der Waals surface area contributed by atoms with Crippen molar-refractivity contribution in [3.63, 3.8) is 0 Å². The molecule has 116 valence electrons. The summed E-state index contributed by atoms with van der Waals surface area (Å²) in [6.07, 6.45) is -1.18. The average molecular weight is 369 g/mol. The Labute approximate surface area is 133 Å². The van der Waals surface area contributed by atoms with Crippen LogP contribution in [0, 0.1) is 6.92 Å². The Morgan fingerprint density at radius 3 is 2.68 bits per heavy atom. The fourth-order valence-electron chi connectivity index (χ4n) is 1.88. The molecule has 1 heterocycles. The maximum atomic E-state index is 12.1. The number of amides is 3. The summed E-state index contributed by atoms with van der Waals surface area (Å²) in [4.78, 5) is 34.2. The van der Waals surface area contributed by atoms with E-state index in [1.807, 2.05) is 11.4 Å². The number of urea groups is 1. The minimum atomic E-state index is -1.18. The van der Waals surface area contributed by atoms with Crippen LogP contribution in [0.15, 0.2) is 27.1 Å². The van der Waals surface area contributed by atoms with Gasteiger partial charge in [0.2, 0.25) is 5.76 Å². The van der Waals surface area contributed by atoms with Crippen LogP contribution in [0.5, 0.6) is 0 Å². The number of esters is 1. The summed E-state index contributed by atoms with van der Waals surface area (Å²) < 4.78 is 11.3. The summed E-state index contributed by atoms with van der Waals surface area (Å²) in [5.41, 5.74) is 5.96. The van der Waals surface area contributed by atoms with E-state index >= 15 is 0 Å². The van der Waals surface area contributed by atoms with Crippen LogP contribution in [0.25, 0.3) is 11.0 Å². The minimum Gasteiger partial charge on any atom is -0.449 e. The number of hydrogen-bond acceptors (Lipinski definition) is 5. The molecule has 0 spiro atoms. The highest BCUT2D eigenvalue weighted by Crippen LogP contribution is 2.28. The standard InChI is InChI=1S/C14H13BrN2O5/c1-6-9-5-8(15)3-4-10(9)22-11(6)13(19)21-7(2)12(18)17-14(16)20/h3-5,7H,1-2H3,(H3,16,17,18,20)/t7-/m0/s1. The molecule has 0 radical (unpaired) electrons. The molecule has 3 amide bonds. The predicted octanol–water partition coefficient (Wildman–Crippen LogP) is 2.24. The topological polar surface area (TPSA) is 112 Å². The van der Waals surface area contributed by atoms with E-state index < -0.39 is 24.0 Å². The van der Waals surface area contributed by atoms with Crippen molar-refractivity contribution < 1.29 is 23.5 Å². The van der Waals surface area contributed by atoms with E-state index in [4.69, 9.17) is 14.9 Å². The van der Waals surface area contributed by atoms with Crippen LogP contribution in [0.1, 0.15) is 23.0 Å². The molecular weight excluding hydrogens is 356 g/mol. The van der Waals surface area contributed by atoms with E-state index in [2.05, 4.69) is 15.9 Å². The number of fused-ring (bicyclic) bond motifs is 1. The molecule has 2 rings (SSSR count). The van der Waals surface area contributed by atoms with E-state index in [1.54, 1.807) is 19.1 Å². The lowest BCUT2D eigenvalue weighted by Crippen LogP contribution is -2.42. The van der Waals surface area contributed by atoms with E-state index in [9.17, 15) is 14.4 Å². The SMILES string of the molecule is Cc1c(C(=O)O[C@@H](C)C(=O)NC(N)=O)oc2ccc(Br)cc12. The number of primary amides is 1. The van der Waals surface area contributed by atoms with Gasteiger partial charge in [-0.3, -0.25) is 10.1 Å². The van der Waals surface area contributed by atoms with Crippen LogP contribution in [-0.2, 0) is 9.53 Å². The van der Waals surface area contributed by atoms with Crippen LogP contribution < -0.4 is 11.1 Å². The number of imide groups is 1. The van der Waals surface area contributed by atoms with Crippen LogP contribution in [-0.4, -0.2) is 24.0 Å². The van der Waals surface area contributed by atoms with Crippen molar-refractivity contribution in [2.45, 2.75) is 20.0 Å². The normalized spacial score (nSPS) is 12.0. The third-order valence-electron chi connectivity index (χ3n) is 2.98. The van der Waals surface area contributed by atoms with Crippen LogP contribution in [0.3, 0.4) is 0 Å². The molecule has 0 unspecified atom stereocenters. The third-order valence-corrected chi connectivity index (χ3v) is 3.48. The lowest BCUT2D eigenvalue weighted by atomic mass is 10.1. The number of hydrogen-bond donors (Lipinski definition) is 2. The van der Waals surface area contributed by atoms with Crippen molar-refractivity contribution >= 4 is 44.8 Å². The third kappa shape index (κ3) is 3.28. The summed E-state index contributed by atoms with van der Waals surface area (Å²) in [6, 6.07) is 4.29. The van der Waals surface area contributed by atoms with Crippen LogP contribution >= 0.6 is 15.9 Å². The van der Waals surface area contributed by atoms with E-state index in [1.165, 1.54) is 6.92 Å². The Balaban J connectivity index is 2.21. The van der Waals surface area contributed by atoms with Crippen molar-refractivity contribution in [1.82, 2.24) is 5.32 Å². The fraction of sp³-hybridized carbons (Fsp3) is 0.214. The molecule has 1 atom stereocenters. The zero-order valence-electron chi connectivity index (χ0n) is 11.8. The van der Waals surface area contributed by atoms with Crippen molar-refractivity contribution in [2.75, 3.05) is 0 Å². The quantitative estimate of drug-likeness (QED) is 0.806. The number of carbonyl (C=O) groups is 3. The van der Waals surface area contributed by atoms with Crippen molar-refractivity contribution in [1.29, 1.82) is 0 Å². The van der Waals surface area contributed by atoms with Gasteiger partial charge in [0, 0.05) is 15.4 Å². The number of benzene rings is 1. The molecule has 0 bridgehead atoms. The van der Waals surface area contributed by atoms with Gasteiger partial charge in [-0.1, -0.05) is 15.9 Å². The molecule has 0 aliphatic rings. The van der Waals surface area contributed by atoms with Gasteiger partial charge < -0.3 is 14.9 Å². The molecule has 7 nitrogen and oxygen atoms in total. The molecule has 0 fully saturated rings. The minimum absolute atomic E-state index is 0.00632. The number of halogens is 1. The predicted molar refractivity (Wildman–Crippen MR) is 81.3 cm³/mol. The number of nitrogens with one attached hydrogen (secondary N) is 1. The Hall–Kier alpha value is -2.35. The fourth-order valence-corrected chi connectivity index (χ4v) is 2.24. The van der Waals surface area contributed by atoms with Gasteiger partial charge in [0.25, 0.3) is 5.91 Å².